The molecule has 10 heteroatoms. The van der Waals surface area contributed by atoms with Gasteiger partial charge in [-0.05, 0) is 31.7 Å². The van der Waals surface area contributed by atoms with Crippen LogP contribution in [0, 0.1) is 10.1 Å². The minimum absolute atomic E-state index is 0.00696. The monoisotopic (exact) mass is 437 g/mol. The second kappa shape index (κ2) is 10.6. The van der Waals surface area contributed by atoms with E-state index in [0.29, 0.717) is 11.9 Å². The summed E-state index contributed by atoms with van der Waals surface area (Å²) < 4.78 is 28.6. The lowest BCUT2D eigenvalue weighted by atomic mass is 9.95. The maximum absolute atomic E-state index is 13.1. The molecule has 2 aliphatic rings. The largest absolute Gasteiger partial charge is 0.381 e. The first-order valence-electron chi connectivity index (χ1n) is 10.8. The van der Waals surface area contributed by atoms with Gasteiger partial charge in [-0.2, -0.15) is 0 Å². The topological polar surface area (TPSA) is 126 Å². The number of nitrogens with zero attached hydrogens (tertiary/aromatic N) is 2. The van der Waals surface area contributed by atoms with Crippen molar-refractivity contribution < 1.29 is 13.3 Å². The van der Waals surface area contributed by atoms with E-state index in [2.05, 4.69) is 20.3 Å². The van der Waals surface area contributed by atoms with E-state index in [1.807, 2.05) is 0 Å². The standard InChI is InChI=1S/C20H31N5O4S/c26-25(27)15-20(23-17-10-4-1-2-5-11-17)24-30(28,29)19-14-21-13-12-18(19)22-16-8-6-3-7-9-16/h12-17,23-24H,1-11H2,(H,21,22)/b20-15-. The Morgan fingerprint density at radius 1 is 1.03 bits per heavy atom. The fourth-order valence-corrected chi connectivity index (χ4v) is 5.35. The summed E-state index contributed by atoms with van der Waals surface area (Å²) in [5.74, 6) is -0.112. The lowest BCUT2D eigenvalue weighted by Gasteiger charge is -2.25. The van der Waals surface area contributed by atoms with Crippen LogP contribution in [-0.4, -0.2) is 30.4 Å². The molecule has 1 aromatic heterocycles. The molecule has 0 saturated heterocycles. The SMILES string of the molecule is O=[N+]([O-])/C=C(/NC1CCCCCC1)NS(=O)(=O)c1cnccc1NC1CCCCC1. The van der Waals surface area contributed by atoms with E-state index < -0.39 is 14.9 Å². The molecule has 3 N–H and O–H groups in total. The molecule has 0 spiro atoms. The van der Waals surface area contributed by atoms with Crippen molar-refractivity contribution in [2.24, 2.45) is 0 Å². The summed E-state index contributed by atoms with van der Waals surface area (Å²) in [6, 6.07) is 1.86. The van der Waals surface area contributed by atoms with Gasteiger partial charge in [0.25, 0.3) is 16.2 Å². The highest BCUT2D eigenvalue weighted by Gasteiger charge is 2.25. The lowest BCUT2D eigenvalue weighted by Crippen LogP contribution is -2.38. The molecule has 0 bridgehead atoms. The molecular weight excluding hydrogens is 406 g/mol. The van der Waals surface area contributed by atoms with Crippen LogP contribution in [0.5, 0.6) is 0 Å². The number of anilines is 1. The average Bonchev–Trinajstić information content (AvgIpc) is 2.97. The second-order valence-electron chi connectivity index (χ2n) is 8.12. The third-order valence-corrected chi connectivity index (χ3v) is 7.13. The highest BCUT2D eigenvalue weighted by atomic mass is 32.2. The normalized spacial score (nSPS) is 19.7. The van der Waals surface area contributed by atoms with Crippen LogP contribution >= 0.6 is 0 Å². The number of nitrogens with one attached hydrogen (secondary N) is 3. The van der Waals surface area contributed by atoms with Crippen LogP contribution in [0.1, 0.15) is 70.6 Å². The number of nitro groups is 1. The van der Waals surface area contributed by atoms with Crippen LogP contribution in [-0.2, 0) is 10.0 Å². The van der Waals surface area contributed by atoms with Gasteiger partial charge in [-0.25, -0.2) is 8.42 Å². The summed E-state index contributed by atoms with van der Waals surface area (Å²) in [6.45, 7) is 0. The number of pyridine rings is 1. The Bertz CT molecular complexity index is 845. The Hall–Kier alpha value is -2.36. The summed E-state index contributed by atoms with van der Waals surface area (Å²) in [7, 11) is -4.06. The third-order valence-electron chi connectivity index (χ3n) is 5.73. The zero-order chi connectivity index (χ0) is 21.4. The number of hydrogen-bond donors (Lipinski definition) is 3. The fraction of sp³-hybridized carbons (Fsp3) is 0.650. The fourth-order valence-electron chi connectivity index (χ4n) is 4.22. The van der Waals surface area contributed by atoms with Gasteiger partial charge in [-0.3, -0.25) is 19.8 Å². The highest BCUT2D eigenvalue weighted by molar-refractivity contribution is 7.89. The molecule has 1 heterocycles. The summed E-state index contributed by atoms with van der Waals surface area (Å²) in [6.07, 6.45) is 14.9. The first-order chi connectivity index (χ1) is 14.4. The predicted octanol–water partition coefficient (Wildman–Crippen LogP) is 3.49. The predicted molar refractivity (Wildman–Crippen MR) is 115 cm³/mol. The van der Waals surface area contributed by atoms with E-state index in [1.165, 1.54) is 12.6 Å². The Kier molecular flexibility index (Phi) is 7.89. The van der Waals surface area contributed by atoms with E-state index >= 15 is 0 Å². The van der Waals surface area contributed by atoms with Crippen molar-refractivity contribution in [2.75, 3.05) is 5.32 Å². The van der Waals surface area contributed by atoms with Crippen LogP contribution in [0.25, 0.3) is 0 Å². The van der Waals surface area contributed by atoms with Gasteiger partial charge >= 0.3 is 0 Å². The molecule has 2 aliphatic carbocycles. The zero-order valence-corrected chi connectivity index (χ0v) is 18.0. The van der Waals surface area contributed by atoms with Crippen molar-refractivity contribution in [1.82, 2.24) is 15.0 Å². The van der Waals surface area contributed by atoms with E-state index in [9.17, 15) is 18.5 Å². The van der Waals surface area contributed by atoms with Crippen molar-refractivity contribution in [2.45, 2.75) is 87.6 Å². The Balaban J connectivity index is 1.77. The quantitative estimate of drug-likeness (QED) is 0.323. The van der Waals surface area contributed by atoms with Crippen molar-refractivity contribution in [3.8, 4) is 0 Å². The summed E-state index contributed by atoms with van der Waals surface area (Å²) >= 11 is 0. The Labute approximate surface area is 177 Å². The number of sulfonamides is 1. The van der Waals surface area contributed by atoms with Crippen molar-refractivity contribution in [1.29, 1.82) is 0 Å². The second-order valence-corrected chi connectivity index (χ2v) is 9.77. The van der Waals surface area contributed by atoms with Crippen LogP contribution in [0.15, 0.2) is 35.4 Å². The van der Waals surface area contributed by atoms with Crippen LogP contribution in [0.3, 0.4) is 0 Å². The lowest BCUT2D eigenvalue weighted by molar-refractivity contribution is -0.404. The summed E-state index contributed by atoms with van der Waals surface area (Å²) in [5.41, 5.74) is 0.472. The first-order valence-corrected chi connectivity index (χ1v) is 12.3. The van der Waals surface area contributed by atoms with Gasteiger partial charge in [0.15, 0.2) is 5.82 Å². The van der Waals surface area contributed by atoms with Crippen molar-refractivity contribution in [3.63, 3.8) is 0 Å². The minimum atomic E-state index is -4.06. The van der Waals surface area contributed by atoms with Crippen LogP contribution in [0.2, 0.25) is 0 Å². The highest BCUT2D eigenvalue weighted by Crippen LogP contribution is 2.26. The smallest absolute Gasteiger partial charge is 0.275 e. The molecule has 0 atom stereocenters. The first kappa shape index (κ1) is 22.3. The molecule has 0 aromatic carbocycles. The van der Waals surface area contributed by atoms with Gasteiger partial charge in [-0.15, -0.1) is 0 Å². The minimum Gasteiger partial charge on any atom is -0.381 e. The molecule has 0 aliphatic heterocycles. The zero-order valence-electron chi connectivity index (χ0n) is 17.2. The van der Waals surface area contributed by atoms with Crippen molar-refractivity contribution in [3.05, 3.63) is 40.6 Å². The average molecular weight is 438 g/mol. The van der Waals surface area contributed by atoms with E-state index in [1.54, 1.807) is 12.3 Å². The van der Waals surface area contributed by atoms with Gasteiger partial charge in [0.1, 0.15) is 4.90 Å². The maximum atomic E-state index is 13.1. The number of rotatable bonds is 8. The van der Waals surface area contributed by atoms with E-state index in [-0.39, 0.29) is 22.8 Å². The maximum Gasteiger partial charge on any atom is 0.275 e. The Morgan fingerprint density at radius 2 is 1.63 bits per heavy atom. The number of aromatic nitrogens is 1. The van der Waals surface area contributed by atoms with Gasteiger partial charge < -0.3 is 10.6 Å². The summed E-state index contributed by atoms with van der Waals surface area (Å²) in [5, 5.41) is 17.5. The van der Waals surface area contributed by atoms with Gasteiger partial charge in [0.05, 0.1) is 10.6 Å². The molecule has 3 rings (SSSR count). The third kappa shape index (κ3) is 6.58. The molecule has 1 aromatic rings. The molecular formula is C20H31N5O4S. The Morgan fingerprint density at radius 3 is 2.27 bits per heavy atom. The van der Waals surface area contributed by atoms with Gasteiger partial charge in [-0.1, -0.05) is 44.9 Å². The molecule has 0 unspecified atom stereocenters. The van der Waals surface area contributed by atoms with Crippen molar-refractivity contribution >= 4 is 15.7 Å². The molecule has 2 fully saturated rings. The number of hydrogen-bond acceptors (Lipinski definition) is 7. The molecule has 0 radical (unpaired) electrons. The summed E-state index contributed by atoms with van der Waals surface area (Å²) in [4.78, 5) is 14.4. The molecule has 30 heavy (non-hydrogen) atoms. The molecule has 0 amide bonds. The van der Waals surface area contributed by atoms with Crippen LogP contribution in [0.4, 0.5) is 5.69 Å². The van der Waals surface area contributed by atoms with Crippen LogP contribution < -0.4 is 15.4 Å². The van der Waals surface area contributed by atoms with Gasteiger partial charge in [0, 0.05) is 24.5 Å². The van der Waals surface area contributed by atoms with Gasteiger partial charge in [0.2, 0.25) is 0 Å². The van der Waals surface area contributed by atoms with E-state index in [4.69, 9.17) is 0 Å². The molecule has 166 valence electrons. The van der Waals surface area contributed by atoms with E-state index in [0.717, 1.165) is 64.2 Å². The molecule has 2 saturated carbocycles. The molecule has 9 nitrogen and oxygen atoms in total.